The molecule has 17 heavy (non-hydrogen) atoms. The molecule has 0 bridgehead atoms. The number of H-pyrrole nitrogens is 1. The summed E-state index contributed by atoms with van der Waals surface area (Å²) in [6.07, 6.45) is 1.48. The Labute approximate surface area is 117 Å². The Morgan fingerprint density at radius 2 is 1.65 bits per heavy atom. The third-order valence-corrected chi connectivity index (χ3v) is 3.58. The molecule has 0 aliphatic carbocycles. The first-order valence-electron chi connectivity index (χ1n) is 4.53. The number of aromatic amines is 1. The molecule has 0 unspecified atom stereocenters. The lowest BCUT2D eigenvalue weighted by molar-refractivity contribution is 1.24. The fourth-order valence-corrected chi connectivity index (χ4v) is 2.34. The second-order valence-corrected chi connectivity index (χ2v) is 4.88. The lowest BCUT2D eigenvalue weighted by Crippen LogP contribution is -2.05. The largest absolute Gasteiger partial charge is 0.328 e. The van der Waals surface area contributed by atoms with E-state index in [0.29, 0.717) is 26.2 Å². The van der Waals surface area contributed by atoms with Crippen molar-refractivity contribution in [3.63, 3.8) is 0 Å². The zero-order chi connectivity index (χ0) is 12.6. The minimum atomic E-state index is -0.392. The van der Waals surface area contributed by atoms with E-state index in [-0.39, 0.29) is 5.02 Å². The molecule has 2 nitrogen and oxygen atoms in total. The average molecular weight is 309 g/mol. The van der Waals surface area contributed by atoms with Gasteiger partial charge in [-0.3, -0.25) is 4.79 Å². The van der Waals surface area contributed by atoms with Crippen molar-refractivity contribution < 1.29 is 0 Å². The van der Waals surface area contributed by atoms with Crippen molar-refractivity contribution in [2.75, 3.05) is 0 Å². The van der Waals surface area contributed by atoms with E-state index in [0.717, 1.165) is 0 Å². The highest BCUT2D eigenvalue weighted by Crippen LogP contribution is 2.38. The van der Waals surface area contributed by atoms with E-state index in [4.69, 9.17) is 46.4 Å². The molecule has 1 aromatic carbocycles. The van der Waals surface area contributed by atoms with Crippen LogP contribution in [0.2, 0.25) is 20.1 Å². The van der Waals surface area contributed by atoms with Crippen LogP contribution >= 0.6 is 46.4 Å². The van der Waals surface area contributed by atoms with Crippen LogP contribution in [0, 0.1) is 0 Å². The smallest absolute Gasteiger partial charge is 0.267 e. The van der Waals surface area contributed by atoms with Crippen molar-refractivity contribution in [1.82, 2.24) is 4.98 Å². The quantitative estimate of drug-likeness (QED) is 0.764. The first kappa shape index (κ1) is 12.8. The monoisotopic (exact) mass is 307 g/mol. The average Bonchev–Trinajstić information content (AvgIpc) is 2.27. The van der Waals surface area contributed by atoms with Crippen LogP contribution in [0.4, 0.5) is 0 Å². The molecule has 1 N–H and O–H groups in total. The molecule has 1 heterocycles. The number of hydrogen-bond donors (Lipinski definition) is 1. The maximum absolute atomic E-state index is 11.4. The number of rotatable bonds is 1. The summed E-state index contributed by atoms with van der Waals surface area (Å²) < 4.78 is 0. The van der Waals surface area contributed by atoms with Gasteiger partial charge in [0.2, 0.25) is 0 Å². The second-order valence-electron chi connectivity index (χ2n) is 3.28. The summed E-state index contributed by atoms with van der Waals surface area (Å²) in [4.78, 5) is 13.9. The van der Waals surface area contributed by atoms with E-state index in [2.05, 4.69) is 4.98 Å². The minimum Gasteiger partial charge on any atom is -0.328 e. The van der Waals surface area contributed by atoms with E-state index in [9.17, 15) is 4.79 Å². The fourth-order valence-electron chi connectivity index (χ4n) is 1.42. The van der Waals surface area contributed by atoms with Gasteiger partial charge in [0.25, 0.3) is 5.56 Å². The molecule has 6 heteroatoms. The summed E-state index contributed by atoms with van der Waals surface area (Å²) in [6.45, 7) is 0. The Bertz CT molecular complexity index is 636. The van der Waals surface area contributed by atoms with Crippen LogP contribution in [0.5, 0.6) is 0 Å². The van der Waals surface area contributed by atoms with Crippen molar-refractivity contribution >= 4 is 46.4 Å². The molecule has 0 radical (unpaired) electrons. The Morgan fingerprint density at radius 3 is 2.35 bits per heavy atom. The molecule has 0 aliphatic heterocycles. The van der Waals surface area contributed by atoms with Gasteiger partial charge in [-0.2, -0.15) is 0 Å². The molecule has 0 atom stereocenters. The lowest BCUT2D eigenvalue weighted by atomic mass is 10.1. The maximum Gasteiger partial charge on any atom is 0.267 e. The van der Waals surface area contributed by atoms with Crippen LogP contribution in [0.1, 0.15) is 0 Å². The summed E-state index contributed by atoms with van der Waals surface area (Å²) in [5.74, 6) is 0. The normalized spacial score (nSPS) is 10.6. The molecule has 0 spiro atoms. The topological polar surface area (TPSA) is 32.9 Å². The number of aromatic nitrogens is 1. The van der Waals surface area contributed by atoms with Gasteiger partial charge in [-0.05, 0) is 18.2 Å². The van der Waals surface area contributed by atoms with Gasteiger partial charge in [0, 0.05) is 22.3 Å². The van der Waals surface area contributed by atoms with Crippen molar-refractivity contribution in [2.45, 2.75) is 0 Å². The molecule has 2 rings (SSSR count). The Kier molecular flexibility index (Phi) is 3.69. The maximum atomic E-state index is 11.4. The minimum absolute atomic E-state index is 0.0488. The lowest BCUT2D eigenvalue weighted by Gasteiger charge is -2.08. The van der Waals surface area contributed by atoms with Crippen LogP contribution in [0.15, 0.2) is 29.2 Å². The van der Waals surface area contributed by atoms with Gasteiger partial charge < -0.3 is 4.98 Å². The van der Waals surface area contributed by atoms with E-state index in [1.54, 1.807) is 12.1 Å². The third kappa shape index (κ3) is 2.45. The first-order chi connectivity index (χ1) is 8.00. The van der Waals surface area contributed by atoms with Gasteiger partial charge in [0.15, 0.2) is 0 Å². The van der Waals surface area contributed by atoms with Gasteiger partial charge in [0.05, 0.1) is 10.0 Å². The van der Waals surface area contributed by atoms with Gasteiger partial charge >= 0.3 is 0 Å². The molecule has 0 saturated carbocycles. The number of hydrogen-bond acceptors (Lipinski definition) is 1. The molecule has 1 aromatic heterocycles. The van der Waals surface area contributed by atoms with Crippen LogP contribution in [-0.4, -0.2) is 4.98 Å². The van der Waals surface area contributed by atoms with E-state index >= 15 is 0 Å². The summed E-state index contributed by atoms with van der Waals surface area (Å²) in [5, 5.41) is 1.09. The van der Waals surface area contributed by atoms with Gasteiger partial charge in [-0.15, -0.1) is 0 Å². The molecule has 0 saturated heterocycles. The molecule has 0 amide bonds. The summed E-state index contributed by atoms with van der Waals surface area (Å²) in [6, 6.07) is 4.77. The van der Waals surface area contributed by atoms with Crippen LogP contribution in [0.25, 0.3) is 11.1 Å². The zero-order valence-corrected chi connectivity index (χ0v) is 11.3. The predicted molar refractivity (Wildman–Crippen MR) is 72.5 cm³/mol. The van der Waals surface area contributed by atoms with Gasteiger partial charge in [0.1, 0.15) is 5.02 Å². The summed E-state index contributed by atoms with van der Waals surface area (Å²) in [7, 11) is 0. The second kappa shape index (κ2) is 4.91. The third-order valence-electron chi connectivity index (χ3n) is 2.18. The van der Waals surface area contributed by atoms with Crippen LogP contribution < -0.4 is 5.56 Å². The van der Waals surface area contributed by atoms with Crippen molar-refractivity contribution in [1.29, 1.82) is 0 Å². The predicted octanol–water partition coefficient (Wildman–Crippen LogP) is 4.66. The van der Waals surface area contributed by atoms with E-state index < -0.39 is 5.56 Å². The number of halogens is 4. The van der Waals surface area contributed by atoms with Crippen molar-refractivity contribution in [3.05, 3.63) is 54.8 Å². The first-order valence-corrected chi connectivity index (χ1v) is 6.04. The van der Waals surface area contributed by atoms with Gasteiger partial charge in [-0.1, -0.05) is 46.4 Å². The highest BCUT2D eigenvalue weighted by Gasteiger charge is 2.13. The van der Waals surface area contributed by atoms with E-state index in [1.165, 1.54) is 12.3 Å². The summed E-state index contributed by atoms with van der Waals surface area (Å²) in [5.41, 5.74) is 0.626. The van der Waals surface area contributed by atoms with E-state index in [1.807, 2.05) is 0 Å². The Hall–Kier alpha value is -0.670. The molecule has 88 valence electrons. The Balaban J connectivity index is 2.77. The SMILES string of the molecule is O=c1[nH]ccc(-c2cc(Cl)cc(Cl)c2Cl)c1Cl. The standard InChI is InChI=1S/C11H5Cl4NO/c12-5-3-7(9(14)8(13)4-5)6-1-2-16-11(17)10(6)15/h1-4H,(H,16,17). The molecular formula is C11H5Cl4NO. The highest BCUT2D eigenvalue weighted by molar-refractivity contribution is 6.45. The van der Waals surface area contributed by atoms with Crippen LogP contribution in [-0.2, 0) is 0 Å². The Morgan fingerprint density at radius 1 is 0.941 bits per heavy atom. The van der Waals surface area contributed by atoms with Crippen molar-refractivity contribution in [3.8, 4) is 11.1 Å². The van der Waals surface area contributed by atoms with Crippen molar-refractivity contribution in [2.24, 2.45) is 0 Å². The highest BCUT2D eigenvalue weighted by atomic mass is 35.5. The fraction of sp³-hybridized carbons (Fsp3) is 0. The molecule has 0 aliphatic rings. The van der Waals surface area contributed by atoms with Gasteiger partial charge in [-0.25, -0.2) is 0 Å². The summed E-state index contributed by atoms with van der Waals surface area (Å²) >= 11 is 23.8. The zero-order valence-electron chi connectivity index (χ0n) is 8.23. The number of pyridine rings is 1. The number of nitrogens with one attached hydrogen (secondary N) is 1. The molecule has 0 fully saturated rings. The number of benzene rings is 1. The molecular weight excluding hydrogens is 304 g/mol. The molecule has 2 aromatic rings. The van der Waals surface area contributed by atoms with Crippen LogP contribution in [0.3, 0.4) is 0 Å².